The number of hydrogen-bond donors (Lipinski definition) is 1. The zero-order valence-electron chi connectivity index (χ0n) is 15.4. The average molecular weight is 335 g/mol. The molecule has 0 aliphatic rings. The second kappa shape index (κ2) is 11.2. The third kappa shape index (κ3) is 6.93. The van der Waals surface area contributed by atoms with E-state index in [2.05, 4.69) is 36.2 Å². The highest BCUT2D eigenvalue weighted by molar-refractivity contribution is 5.57. The Balaban J connectivity index is 2.04. The number of unbranched alkanes of at least 4 members (excludes halogenated alkanes) is 4. The predicted octanol–water partition coefficient (Wildman–Crippen LogP) is 5.89. The van der Waals surface area contributed by atoms with Crippen molar-refractivity contribution in [3.63, 3.8) is 0 Å². The van der Waals surface area contributed by atoms with Crippen LogP contribution in [0, 0.1) is 11.8 Å². The van der Waals surface area contributed by atoms with E-state index in [1.165, 1.54) is 32.1 Å². The van der Waals surface area contributed by atoms with Gasteiger partial charge in [-0.25, -0.2) is 0 Å². The highest BCUT2D eigenvalue weighted by atomic mass is 16.5. The molecule has 1 unspecified atom stereocenters. The summed E-state index contributed by atoms with van der Waals surface area (Å²) in [7, 11) is 1.70. The molecule has 0 aliphatic carbocycles. The molecule has 2 heteroatoms. The van der Waals surface area contributed by atoms with Crippen molar-refractivity contribution in [1.29, 1.82) is 0 Å². The lowest BCUT2D eigenvalue weighted by atomic mass is 10.1. The van der Waals surface area contributed by atoms with Crippen molar-refractivity contribution in [3.8, 4) is 17.6 Å². The van der Waals surface area contributed by atoms with E-state index >= 15 is 0 Å². The second-order valence-electron chi connectivity index (χ2n) is 6.24. The summed E-state index contributed by atoms with van der Waals surface area (Å²) in [6.45, 7) is 2.25. The molecule has 0 saturated heterocycles. The molecule has 2 nitrogen and oxygen atoms in total. The van der Waals surface area contributed by atoms with Gasteiger partial charge in [0.1, 0.15) is 5.75 Å². The average Bonchev–Trinajstić information content (AvgIpc) is 2.67. The van der Waals surface area contributed by atoms with Gasteiger partial charge in [0.25, 0.3) is 0 Å². The van der Waals surface area contributed by atoms with Crippen LogP contribution in [0.15, 0.2) is 54.6 Å². The van der Waals surface area contributed by atoms with Crippen molar-refractivity contribution in [2.24, 2.45) is 0 Å². The van der Waals surface area contributed by atoms with E-state index in [1.807, 2.05) is 42.5 Å². The molecule has 0 amide bonds. The summed E-state index contributed by atoms with van der Waals surface area (Å²) in [4.78, 5) is 0. The van der Waals surface area contributed by atoms with E-state index in [-0.39, 0.29) is 6.04 Å². The normalized spacial score (nSPS) is 11.3. The van der Waals surface area contributed by atoms with Crippen LogP contribution in [0.4, 0.5) is 5.69 Å². The quantitative estimate of drug-likeness (QED) is 0.456. The van der Waals surface area contributed by atoms with Crippen LogP contribution in [0.3, 0.4) is 0 Å². The summed E-state index contributed by atoms with van der Waals surface area (Å²) in [5.74, 6) is 7.57. The van der Waals surface area contributed by atoms with Crippen molar-refractivity contribution < 1.29 is 4.74 Å². The topological polar surface area (TPSA) is 21.3 Å². The molecule has 0 radical (unpaired) electrons. The maximum atomic E-state index is 5.46. The lowest BCUT2D eigenvalue weighted by Crippen LogP contribution is -2.18. The van der Waals surface area contributed by atoms with E-state index in [9.17, 15) is 0 Å². The third-order valence-corrected chi connectivity index (χ3v) is 4.20. The molecule has 0 aliphatic heterocycles. The van der Waals surface area contributed by atoms with Crippen LogP contribution in [-0.4, -0.2) is 13.2 Å². The summed E-state index contributed by atoms with van der Waals surface area (Å²) in [5, 5.41) is 3.56. The lowest BCUT2D eigenvalue weighted by molar-refractivity contribution is 0.416. The van der Waals surface area contributed by atoms with Gasteiger partial charge in [-0.05, 0) is 30.7 Å². The van der Waals surface area contributed by atoms with Gasteiger partial charge in [0.05, 0.1) is 18.8 Å². The van der Waals surface area contributed by atoms with E-state index < -0.39 is 0 Å². The number of hydrogen-bond acceptors (Lipinski definition) is 2. The maximum absolute atomic E-state index is 5.46. The maximum Gasteiger partial charge on any atom is 0.141 e. The van der Waals surface area contributed by atoms with Crippen LogP contribution >= 0.6 is 0 Å². The highest BCUT2D eigenvalue weighted by Crippen LogP contribution is 2.24. The zero-order valence-corrected chi connectivity index (χ0v) is 15.4. The highest BCUT2D eigenvalue weighted by Gasteiger charge is 2.08. The number of ether oxygens (including phenoxy) is 1. The summed E-state index contributed by atoms with van der Waals surface area (Å²) in [5.41, 5.74) is 2.06. The predicted molar refractivity (Wildman–Crippen MR) is 107 cm³/mol. The Morgan fingerprint density at radius 2 is 1.64 bits per heavy atom. The van der Waals surface area contributed by atoms with Crippen molar-refractivity contribution in [2.75, 3.05) is 12.4 Å². The molecule has 1 atom stereocenters. The minimum atomic E-state index is 0.123. The first-order chi connectivity index (χ1) is 12.3. The molecule has 1 N–H and O–H groups in total. The first-order valence-electron chi connectivity index (χ1n) is 9.29. The lowest BCUT2D eigenvalue weighted by Gasteiger charge is -2.17. The van der Waals surface area contributed by atoms with Gasteiger partial charge in [-0.15, -0.1) is 0 Å². The van der Waals surface area contributed by atoms with Gasteiger partial charge in [0.2, 0.25) is 0 Å². The fourth-order valence-corrected chi connectivity index (χ4v) is 2.78. The van der Waals surface area contributed by atoms with Crippen LogP contribution < -0.4 is 10.1 Å². The third-order valence-electron chi connectivity index (χ3n) is 4.20. The minimum Gasteiger partial charge on any atom is -0.495 e. The fraction of sp³-hybridized carbons (Fsp3) is 0.391. The first-order valence-corrected chi connectivity index (χ1v) is 9.29. The molecule has 0 heterocycles. The summed E-state index contributed by atoms with van der Waals surface area (Å²) in [6, 6.07) is 18.3. The number of anilines is 1. The van der Waals surface area contributed by atoms with Gasteiger partial charge in [-0.2, -0.15) is 0 Å². The van der Waals surface area contributed by atoms with Crippen molar-refractivity contribution in [1.82, 2.24) is 0 Å². The first kappa shape index (κ1) is 18.9. The molecular formula is C23H29NO. The Bertz CT molecular complexity index is 669. The molecule has 2 rings (SSSR count). The van der Waals surface area contributed by atoms with Gasteiger partial charge in [0.15, 0.2) is 0 Å². The van der Waals surface area contributed by atoms with Gasteiger partial charge in [-0.1, -0.05) is 81.2 Å². The van der Waals surface area contributed by atoms with E-state index in [0.29, 0.717) is 0 Å². The van der Waals surface area contributed by atoms with Gasteiger partial charge in [0, 0.05) is 5.56 Å². The second-order valence-corrected chi connectivity index (χ2v) is 6.24. The molecule has 2 aromatic carbocycles. The largest absolute Gasteiger partial charge is 0.495 e. The molecule has 0 fully saturated rings. The Morgan fingerprint density at radius 1 is 0.920 bits per heavy atom. The van der Waals surface area contributed by atoms with Gasteiger partial charge >= 0.3 is 0 Å². The minimum absolute atomic E-state index is 0.123. The summed E-state index contributed by atoms with van der Waals surface area (Å²) < 4.78 is 5.46. The molecule has 0 bridgehead atoms. The Labute approximate surface area is 152 Å². The molecule has 0 spiro atoms. The smallest absolute Gasteiger partial charge is 0.141 e. The Kier molecular flexibility index (Phi) is 8.49. The SMILES string of the molecule is CCCCCCCC(C#Cc1ccccc1)Nc1ccccc1OC. The number of rotatable bonds is 9. The van der Waals surface area contributed by atoms with Gasteiger partial charge in [-0.3, -0.25) is 0 Å². The molecular weight excluding hydrogens is 306 g/mol. The molecule has 0 saturated carbocycles. The monoisotopic (exact) mass is 335 g/mol. The van der Waals surface area contributed by atoms with Crippen molar-refractivity contribution in [3.05, 3.63) is 60.2 Å². The Hall–Kier alpha value is -2.40. The molecule has 132 valence electrons. The van der Waals surface area contributed by atoms with Crippen LogP contribution in [0.25, 0.3) is 0 Å². The number of para-hydroxylation sites is 2. The van der Waals surface area contributed by atoms with Crippen LogP contribution in [0.5, 0.6) is 5.75 Å². The van der Waals surface area contributed by atoms with Crippen LogP contribution in [0.1, 0.15) is 51.0 Å². The molecule has 0 aromatic heterocycles. The standard InChI is InChI=1S/C23H29NO/c1-3-4-5-6-10-15-21(19-18-20-13-8-7-9-14-20)24-22-16-11-12-17-23(22)25-2/h7-9,11-14,16-17,21,24H,3-6,10,15H2,1-2H3. The van der Waals surface area contributed by atoms with Crippen LogP contribution in [-0.2, 0) is 0 Å². The summed E-state index contributed by atoms with van der Waals surface area (Å²) in [6.07, 6.45) is 7.41. The van der Waals surface area contributed by atoms with Gasteiger partial charge < -0.3 is 10.1 Å². The number of nitrogens with one attached hydrogen (secondary N) is 1. The van der Waals surface area contributed by atoms with Crippen LogP contribution in [0.2, 0.25) is 0 Å². The van der Waals surface area contributed by atoms with Crippen molar-refractivity contribution in [2.45, 2.75) is 51.5 Å². The number of methoxy groups -OCH3 is 1. The Morgan fingerprint density at radius 3 is 2.40 bits per heavy atom. The van der Waals surface area contributed by atoms with Crippen molar-refractivity contribution >= 4 is 5.69 Å². The van der Waals surface area contributed by atoms with E-state index in [4.69, 9.17) is 4.74 Å². The summed E-state index contributed by atoms with van der Waals surface area (Å²) >= 11 is 0. The number of benzene rings is 2. The van der Waals surface area contributed by atoms with E-state index in [0.717, 1.165) is 23.4 Å². The molecule has 25 heavy (non-hydrogen) atoms. The molecule has 2 aromatic rings. The van der Waals surface area contributed by atoms with E-state index in [1.54, 1.807) is 7.11 Å². The fourth-order valence-electron chi connectivity index (χ4n) is 2.78. The zero-order chi connectivity index (χ0) is 17.7.